The number of methoxy groups -OCH3 is 3. The number of carbonyl (C=O) groups is 2. The molecule has 35 heavy (non-hydrogen) atoms. The van der Waals surface area contributed by atoms with Gasteiger partial charge in [-0.25, -0.2) is 9.96 Å². The molecule has 2 aliphatic heterocycles. The van der Waals surface area contributed by atoms with E-state index >= 15 is 0 Å². The van der Waals surface area contributed by atoms with Gasteiger partial charge in [0, 0.05) is 5.56 Å². The van der Waals surface area contributed by atoms with Gasteiger partial charge in [-0.15, -0.1) is 0 Å². The van der Waals surface area contributed by atoms with Gasteiger partial charge in [-0.05, 0) is 36.4 Å². The first-order valence-electron chi connectivity index (χ1n) is 10.9. The van der Waals surface area contributed by atoms with Gasteiger partial charge in [-0.2, -0.15) is 0 Å². The largest absolute Gasteiger partial charge is 0.493 e. The second kappa shape index (κ2) is 9.13. The Morgan fingerprint density at radius 1 is 0.800 bits per heavy atom. The zero-order valence-corrected chi connectivity index (χ0v) is 20.1. The van der Waals surface area contributed by atoms with Gasteiger partial charge in [-0.3, -0.25) is 14.4 Å². The quantitative estimate of drug-likeness (QED) is 0.469. The van der Waals surface area contributed by atoms with Gasteiger partial charge in [0.25, 0.3) is 5.91 Å². The molecule has 0 aliphatic carbocycles. The smallest absolute Gasteiger partial charge is 0.266 e. The summed E-state index contributed by atoms with van der Waals surface area (Å²) >= 11 is 6.34. The summed E-state index contributed by atoms with van der Waals surface area (Å²) in [5.74, 6) is -0.501. The van der Waals surface area contributed by atoms with E-state index in [2.05, 4.69) is 0 Å². The van der Waals surface area contributed by atoms with Crippen LogP contribution in [0, 0.1) is 5.92 Å². The van der Waals surface area contributed by atoms with Crippen LogP contribution in [0.25, 0.3) is 0 Å². The lowest BCUT2D eigenvalue weighted by Gasteiger charge is -2.30. The van der Waals surface area contributed by atoms with E-state index in [4.69, 9.17) is 30.6 Å². The van der Waals surface area contributed by atoms with Crippen molar-refractivity contribution in [2.45, 2.75) is 12.1 Å². The van der Waals surface area contributed by atoms with E-state index in [1.54, 1.807) is 41.5 Å². The van der Waals surface area contributed by atoms with Gasteiger partial charge in [0.2, 0.25) is 11.7 Å². The van der Waals surface area contributed by atoms with E-state index in [0.717, 1.165) is 4.90 Å². The molecule has 0 N–H and O–H groups in total. The number of para-hydroxylation sites is 2. The summed E-state index contributed by atoms with van der Waals surface area (Å²) in [7, 11) is 4.55. The highest BCUT2D eigenvalue weighted by atomic mass is 35.5. The standard InChI is InChI=1S/C26H23ClN2O6/c1-32-19-14-13-16(22(33-2)23(19)34-3)21-20-24(35-29(21)15-9-5-4-6-10-15)26(31)28(25(20)30)18-12-8-7-11-17(18)27/h4-14,20-21,24H,1-3H3/t20-,21-,24-/m0/s1. The average Bonchev–Trinajstić information content (AvgIpc) is 3.39. The molecule has 2 aliphatic rings. The molecule has 0 bridgehead atoms. The SMILES string of the molecule is COc1ccc([C@H]2[C@@H]3C(=O)N(c4ccccc4Cl)C(=O)[C@H]3ON2c2ccccc2)c(OC)c1OC. The zero-order valence-electron chi connectivity index (χ0n) is 19.3. The van der Waals surface area contributed by atoms with Crippen molar-refractivity contribution in [2.75, 3.05) is 31.3 Å². The number of nitrogens with zero attached hydrogens (tertiary/aromatic N) is 2. The molecule has 2 heterocycles. The van der Waals surface area contributed by atoms with Gasteiger partial charge in [-0.1, -0.05) is 41.9 Å². The number of ether oxygens (including phenoxy) is 3. The minimum Gasteiger partial charge on any atom is -0.493 e. The van der Waals surface area contributed by atoms with Gasteiger partial charge < -0.3 is 14.2 Å². The van der Waals surface area contributed by atoms with E-state index in [1.807, 2.05) is 30.3 Å². The first-order chi connectivity index (χ1) is 17.0. The molecule has 3 aromatic rings. The summed E-state index contributed by atoms with van der Waals surface area (Å²) in [6.45, 7) is 0. The van der Waals surface area contributed by atoms with E-state index in [0.29, 0.717) is 39.2 Å². The van der Waals surface area contributed by atoms with Crippen LogP contribution in [0.3, 0.4) is 0 Å². The summed E-state index contributed by atoms with van der Waals surface area (Å²) in [5.41, 5.74) is 1.63. The molecule has 5 rings (SSSR count). The van der Waals surface area contributed by atoms with Crippen molar-refractivity contribution < 1.29 is 28.6 Å². The Bertz CT molecular complexity index is 1280. The third-order valence-corrected chi connectivity index (χ3v) is 6.59. The number of rotatable bonds is 6. The van der Waals surface area contributed by atoms with Crippen molar-refractivity contribution in [1.29, 1.82) is 0 Å². The molecule has 2 saturated heterocycles. The van der Waals surface area contributed by atoms with E-state index in [-0.39, 0.29) is 0 Å². The van der Waals surface area contributed by atoms with Crippen molar-refractivity contribution >= 4 is 34.8 Å². The van der Waals surface area contributed by atoms with Crippen molar-refractivity contribution in [3.05, 3.63) is 77.3 Å². The highest BCUT2D eigenvalue weighted by Gasteiger charge is 2.61. The number of imide groups is 1. The molecule has 0 unspecified atom stereocenters. The first-order valence-corrected chi connectivity index (χ1v) is 11.3. The Labute approximate surface area is 207 Å². The first kappa shape index (κ1) is 23.0. The average molecular weight is 495 g/mol. The van der Waals surface area contributed by atoms with Crippen LogP contribution >= 0.6 is 11.6 Å². The molecule has 0 spiro atoms. The Kier molecular flexibility index (Phi) is 6.00. The van der Waals surface area contributed by atoms with Crippen molar-refractivity contribution in [3.63, 3.8) is 0 Å². The molecule has 2 amide bonds. The van der Waals surface area contributed by atoms with Crippen LogP contribution in [0.5, 0.6) is 17.2 Å². The number of anilines is 2. The minimum atomic E-state index is -1.04. The number of hydroxylamine groups is 1. The lowest BCUT2D eigenvalue weighted by atomic mass is 9.89. The highest BCUT2D eigenvalue weighted by molar-refractivity contribution is 6.36. The van der Waals surface area contributed by atoms with Crippen LogP contribution in [-0.4, -0.2) is 39.2 Å². The molecule has 8 nitrogen and oxygen atoms in total. The fourth-order valence-corrected chi connectivity index (χ4v) is 4.98. The minimum absolute atomic E-state index is 0.300. The fourth-order valence-electron chi connectivity index (χ4n) is 4.76. The third-order valence-electron chi connectivity index (χ3n) is 6.27. The van der Waals surface area contributed by atoms with Gasteiger partial charge in [0.05, 0.1) is 37.7 Å². The lowest BCUT2D eigenvalue weighted by Crippen LogP contribution is -2.37. The number of benzene rings is 3. The van der Waals surface area contributed by atoms with Crippen LogP contribution in [0.1, 0.15) is 11.6 Å². The topological polar surface area (TPSA) is 77.5 Å². The van der Waals surface area contributed by atoms with Crippen LogP contribution in [0.4, 0.5) is 11.4 Å². The number of amides is 2. The maximum atomic E-state index is 13.8. The highest BCUT2D eigenvalue weighted by Crippen LogP contribution is 2.52. The second-order valence-corrected chi connectivity index (χ2v) is 8.45. The normalized spacial score (nSPS) is 21.3. The van der Waals surface area contributed by atoms with Crippen molar-refractivity contribution in [1.82, 2.24) is 0 Å². The summed E-state index contributed by atoms with van der Waals surface area (Å²) < 4.78 is 16.7. The summed E-state index contributed by atoms with van der Waals surface area (Å²) in [6.07, 6.45) is -1.04. The predicted molar refractivity (Wildman–Crippen MR) is 130 cm³/mol. The molecule has 0 aromatic heterocycles. The van der Waals surface area contributed by atoms with E-state index in [1.165, 1.54) is 21.3 Å². The fraction of sp³-hybridized carbons (Fsp3) is 0.231. The Balaban J connectivity index is 1.67. The number of hydrogen-bond acceptors (Lipinski definition) is 7. The van der Waals surface area contributed by atoms with Gasteiger partial charge in [0.1, 0.15) is 12.0 Å². The number of halogens is 1. The van der Waals surface area contributed by atoms with E-state index < -0.39 is 29.9 Å². The summed E-state index contributed by atoms with van der Waals surface area (Å²) in [5, 5.41) is 1.90. The van der Waals surface area contributed by atoms with Gasteiger partial charge in [0.15, 0.2) is 17.6 Å². The van der Waals surface area contributed by atoms with Crippen LogP contribution in [-0.2, 0) is 14.4 Å². The monoisotopic (exact) mass is 494 g/mol. The van der Waals surface area contributed by atoms with Crippen molar-refractivity contribution in [2.24, 2.45) is 5.92 Å². The molecule has 2 fully saturated rings. The number of carbonyl (C=O) groups excluding carboxylic acids is 2. The molecular formula is C26H23ClN2O6. The van der Waals surface area contributed by atoms with Crippen molar-refractivity contribution in [3.8, 4) is 17.2 Å². The lowest BCUT2D eigenvalue weighted by molar-refractivity contribution is -0.126. The molecule has 0 radical (unpaired) electrons. The van der Waals surface area contributed by atoms with Gasteiger partial charge >= 0.3 is 0 Å². The molecule has 0 saturated carbocycles. The molecule has 3 aromatic carbocycles. The number of hydrogen-bond donors (Lipinski definition) is 0. The molecular weight excluding hydrogens is 472 g/mol. The van der Waals surface area contributed by atoms with E-state index in [9.17, 15) is 9.59 Å². The molecule has 9 heteroatoms. The van der Waals surface area contributed by atoms with Crippen LogP contribution in [0.15, 0.2) is 66.7 Å². The van der Waals surface area contributed by atoms with Crippen LogP contribution in [0.2, 0.25) is 5.02 Å². The molecule has 3 atom stereocenters. The predicted octanol–water partition coefficient (Wildman–Crippen LogP) is 4.42. The maximum Gasteiger partial charge on any atom is 0.266 e. The summed E-state index contributed by atoms with van der Waals surface area (Å²) in [6, 6.07) is 18.9. The summed E-state index contributed by atoms with van der Waals surface area (Å²) in [4.78, 5) is 34.6. The Morgan fingerprint density at radius 3 is 2.14 bits per heavy atom. The zero-order chi connectivity index (χ0) is 24.7. The second-order valence-electron chi connectivity index (χ2n) is 8.04. The Morgan fingerprint density at radius 2 is 1.49 bits per heavy atom. The van der Waals surface area contributed by atoms with Crippen LogP contribution < -0.4 is 24.2 Å². The molecule has 180 valence electrons. The third kappa shape index (κ3) is 3.57. The number of fused-ring (bicyclic) bond motifs is 1. The Hall–Kier alpha value is -3.75. The maximum absolute atomic E-state index is 13.8.